The Kier molecular flexibility index (Phi) is 4.67. The van der Waals surface area contributed by atoms with Gasteiger partial charge in [-0.1, -0.05) is 12.1 Å². The van der Waals surface area contributed by atoms with Gasteiger partial charge in [-0.15, -0.1) is 11.3 Å². The van der Waals surface area contributed by atoms with Crippen molar-refractivity contribution in [3.8, 4) is 0 Å². The number of Topliss-reactive ketones (excluding diaryl/α,β-unsaturated/α-hetero) is 1. The summed E-state index contributed by atoms with van der Waals surface area (Å²) >= 11 is 1.31. The predicted octanol–water partition coefficient (Wildman–Crippen LogP) is 2.54. The highest BCUT2D eigenvalue weighted by molar-refractivity contribution is 7.15. The molecule has 0 saturated heterocycles. The van der Waals surface area contributed by atoms with Gasteiger partial charge in [0, 0.05) is 16.1 Å². The molecule has 6 nitrogen and oxygen atoms in total. The fourth-order valence-corrected chi connectivity index (χ4v) is 2.49. The zero-order valence-electron chi connectivity index (χ0n) is 12.4. The standard InChI is InChI=1S/C15H15N3O3S/c1-8-10(3)22-15(16-8)18-14(21)13(20)17-12-6-4-5-11(7-12)9(2)19/h4-7H,1-3H3,(H,17,20)(H,16,18,21). The van der Waals surface area contributed by atoms with Gasteiger partial charge in [-0.3, -0.25) is 19.7 Å². The summed E-state index contributed by atoms with van der Waals surface area (Å²) in [6.45, 7) is 5.14. The number of nitrogens with one attached hydrogen (secondary N) is 2. The van der Waals surface area contributed by atoms with E-state index in [1.807, 2.05) is 13.8 Å². The van der Waals surface area contributed by atoms with Crippen LogP contribution < -0.4 is 10.6 Å². The van der Waals surface area contributed by atoms with Crippen LogP contribution in [0.15, 0.2) is 24.3 Å². The minimum absolute atomic E-state index is 0.116. The van der Waals surface area contributed by atoms with Gasteiger partial charge >= 0.3 is 11.8 Å². The van der Waals surface area contributed by atoms with E-state index in [-0.39, 0.29) is 5.78 Å². The van der Waals surface area contributed by atoms with Crippen LogP contribution in [0.5, 0.6) is 0 Å². The van der Waals surface area contributed by atoms with Gasteiger partial charge in [-0.25, -0.2) is 4.98 Å². The van der Waals surface area contributed by atoms with Crippen molar-refractivity contribution in [3.63, 3.8) is 0 Å². The monoisotopic (exact) mass is 317 g/mol. The van der Waals surface area contributed by atoms with Gasteiger partial charge in [-0.2, -0.15) is 0 Å². The number of carbonyl (C=O) groups excluding carboxylic acids is 3. The Morgan fingerprint density at radius 1 is 1.09 bits per heavy atom. The van der Waals surface area contributed by atoms with E-state index in [4.69, 9.17) is 0 Å². The normalized spacial score (nSPS) is 10.1. The van der Waals surface area contributed by atoms with Gasteiger partial charge in [0.1, 0.15) is 0 Å². The highest BCUT2D eigenvalue weighted by atomic mass is 32.1. The van der Waals surface area contributed by atoms with Crippen LogP contribution in [0.2, 0.25) is 0 Å². The van der Waals surface area contributed by atoms with Crippen molar-refractivity contribution in [2.45, 2.75) is 20.8 Å². The molecule has 22 heavy (non-hydrogen) atoms. The van der Waals surface area contributed by atoms with Gasteiger partial charge in [0.15, 0.2) is 10.9 Å². The lowest BCUT2D eigenvalue weighted by Gasteiger charge is -2.05. The van der Waals surface area contributed by atoms with Crippen molar-refractivity contribution in [1.82, 2.24) is 4.98 Å². The molecule has 1 heterocycles. The molecule has 0 saturated carbocycles. The molecule has 0 spiro atoms. The van der Waals surface area contributed by atoms with Crippen LogP contribution in [0, 0.1) is 13.8 Å². The first-order valence-electron chi connectivity index (χ1n) is 6.54. The third-order valence-electron chi connectivity index (χ3n) is 2.98. The molecule has 0 aliphatic carbocycles. The highest BCUT2D eigenvalue weighted by Crippen LogP contribution is 2.21. The maximum atomic E-state index is 11.9. The molecule has 2 amide bonds. The summed E-state index contributed by atoms with van der Waals surface area (Å²) in [5.41, 5.74) is 1.67. The van der Waals surface area contributed by atoms with Crippen molar-refractivity contribution >= 4 is 39.8 Å². The zero-order valence-corrected chi connectivity index (χ0v) is 13.2. The molecule has 0 atom stereocenters. The van der Waals surface area contributed by atoms with Crippen molar-refractivity contribution in [1.29, 1.82) is 0 Å². The van der Waals surface area contributed by atoms with Gasteiger partial charge in [-0.05, 0) is 32.9 Å². The second-order valence-electron chi connectivity index (χ2n) is 4.71. The molecule has 0 radical (unpaired) electrons. The fraction of sp³-hybridized carbons (Fsp3) is 0.200. The van der Waals surface area contributed by atoms with E-state index >= 15 is 0 Å². The maximum absolute atomic E-state index is 11.9. The molecule has 0 fully saturated rings. The first-order chi connectivity index (χ1) is 10.4. The summed E-state index contributed by atoms with van der Waals surface area (Å²) in [5, 5.41) is 5.28. The van der Waals surface area contributed by atoms with Crippen LogP contribution in [0.4, 0.5) is 10.8 Å². The number of amides is 2. The van der Waals surface area contributed by atoms with Crippen LogP contribution in [0.25, 0.3) is 0 Å². The number of carbonyl (C=O) groups is 3. The summed E-state index contributed by atoms with van der Waals surface area (Å²) < 4.78 is 0. The van der Waals surface area contributed by atoms with E-state index in [0.29, 0.717) is 16.4 Å². The SMILES string of the molecule is CC(=O)c1cccc(NC(=O)C(=O)Nc2nc(C)c(C)s2)c1. The van der Waals surface area contributed by atoms with Crippen LogP contribution in [-0.4, -0.2) is 22.6 Å². The molecule has 0 aliphatic rings. The number of rotatable bonds is 3. The Morgan fingerprint density at radius 3 is 2.36 bits per heavy atom. The molecular weight excluding hydrogens is 302 g/mol. The Morgan fingerprint density at radius 2 is 1.77 bits per heavy atom. The average Bonchev–Trinajstić information content (AvgIpc) is 2.77. The van der Waals surface area contributed by atoms with E-state index in [2.05, 4.69) is 15.6 Å². The Labute approximate surface area is 131 Å². The van der Waals surface area contributed by atoms with Crippen LogP contribution in [-0.2, 0) is 9.59 Å². The fourth-order valence-electron chi connectivity index (χ4n) is 1.68. The maximum Gasteiger partial charge on any atom is 0.315 e. The van der Waals surface area contributed by atoms with Crippen molar-refractivity contribution in [2.75, 3.05) is 10.6 Å². The minimum Gasteiger partial charge on any atom is -0.318 e. The minimum atomic E-state index is -0.814. The molecule has 2 rings (SSSR count). The molecular formula is C15H15N3O3S. The van der Waals surface area contributed by atoms with Crippen LogP contribution >= 0.6 is 11.3 Å². The van der Waals surface area contributed by atoms with E-state index in [9.17, 15) is 14.4 Å². The summed E-state index contributed by atoms with van der Waals surface area (Å²) in [6.07, 6.45) is 0. The highest BCUT2D eigenvalue weighted by Gasteiger charge is 2.16. The molecule has 114 valence electrons. The summed E-state index contributed by atoms with van der Waals surface area (Å²) in [6, 6.07) is 6.40. The Bertz CT molecular complexity index is 733. The van der Waals surface area contributed by atoms with Crippen molar-refractivity contribution in [2.24, 2.45) is 0 Å². The molecule has 0 unspecified atom stereocenters. The van der Waals surface area contributed by atoms with Crippen LogP contribution in [0.1, 0.15) is 27.9 Å². The van der Waals surface area contributed by atoms with Crippen LogP contribution in [0.3, 0.4) is 0 Å². The van der Waals surface area contributed by atoms with E-state index < -0.39 is 11.8 Å². The third kappa shape index (κ3) is 3.76. The number of thiazole rings is 1. The smallest absolute Gasteiger partial charge is 0.315 e. The first-order valence-corrected chi connectivity index (χ1v) is 7.36. The predicted molar refractivity (Wildman–Crippen MR) is 85.3 cm³/mol. The zero-order chi connectivity index (χ0) is 16.3. The quantitative estimate of drug-likeness (QED) is 0.672. The number of aryl methyl sites for hydroxylation is 2. The van der Waals surface area contributed by atoms with Gasteiger partial charge < -0.3 is 5.32 Å². The number of anilines is 2. The van der Waals surface area contributed by atoms with E-state index in [1.54, 1.807) is 18.2 Å². The van der Waals surface area contributed by atoms with E-state index in [1.165, 1.54) is 24.3 Å². The lowest BCUT2D eigenvalue weighted by atomic mass is 10.1. The molecule has 2 aromatic rings. The number of aromatic nitrogens is 1. The summed E-state index contributed by atoms with van der Waals surface area (Å²) in [7, 11) is 0. The first kappa shape index (κ1) is 15.8. The lowest BCUT2D eigenvalue weighted by Crippen LogP contribution is -2.29. The molecule has 0 aliphatic heterocycles. The number of benzene rings is 1. The number of hydrogen-bond donors (Lipinski definition) is 2. The molecule has 1 aromatic carbocycles. The molecule has 2 N–H and O–H groups in total. The Balaban J connectivity index is 2.03. The summed E-state index contributed by atoms with van der Waals surface area (Å²) in [4.78, 5) is 40.1. The number of nitrogens with zero attached hydrogens (tertiary/aromatic N) is 1. The van der Waals surface area contributed by atoms with Crippen molar-refractivity contribution < 1.29 is 14.4 Å². The largest absolute Gasteiger partial charge is 0.318 e. The lowest BCUT2D eigenvalue weighted by molar-refractivity contribution is -0.132. The second kappa shape index (κ2) is 6.48. The molecule has 0 bridgehead atoms. The summed E-state index contributed by atoms with van der Waals surface area (Å²) in [5.74, 6) is -1.73. The molecule has 7 heteroatoms. The van der Waals surface area contributed by atoms with Crippen molar-refractivity contribution in [3.05, 3.63) is 40.4 Å². The third-order valence-corrected chi connectivity index (χ3v) is 3.97. The van der Waals surface area contributed by atoms with Gasteiger partial charge in [0.25, 0.3) is 0 Å². The average molecular weight is 317 g/mol. The second-order valence-corrected chi connectivity index (χ2v) is 5.91. The van der Waals surface area contributed by atoms with E-state index in [0.717, 1.165) is 10.6 Å². The van der Waals surface area contributed by atoms with Gasteiger partial charge in [0.05, 0.1) is 5.69 Å². The molecule has 1 aromatic heterocycles. The topological polar surface area (TPSA) is 88.2 Å². The number of hydrogen-bond acceptors (Lipinski definition) is 5. The van der Waals surface area contributed by atoms with Gasteiger partial charge in [0.2, 0.25) is 0 Å². The Hall–Kier alpha value is -2.54. The number of ketones is 1.